The summed E-state index contributed by atoms with van der Waals surface area (Å²) in [4.78, 5) is 0. The molecule has 1 rings (SSSR count). The molecule has 0 aliphatic rings. The molecule has 1 aromatic carbocycles. The predicted molar refractivity (Wildman–Crippen MR) is 46.8 cm³/mol. The van der Waals surface area contributed by atoms with Crippen molar-refractivity contribution in [2.24, 2.45) is 5.16 Å². The van der Waals surface area contributed by atoms with Crippen LogP contribution in [0.2, 0.25) is 5.02 Å². The van der Waals surface area contributed by atoms with Gasteiger partial charge in [-0.15, -0.1) is 0 Å². The van der Waals surface area contributed by atoms with Crippen LogP contribution >= 0.6 is 11.6 Å². The second-order valence-electron chi connectivity index (χ2n) is 2.12. The number of oxime groups is 1. The third-order valence-corrected chi connectivity index (χ3v) is 1.59. The molecule has 0 aromatic heterocycles. The van der Waals surface area contributed by atoms with Crippen LogP contribution in [0.3, 0.4) is 0 Å². The van der Waals surface area contributed by atoms with Crippen molar-refractivity contribution >= 4 is 17.5 Å². The number of nitrogens with zero attached hydrogens (tertiary/aromatic N) is 1. The van der Waals surface area contributed by atoms with Crippen molar-refractivity contribution in [1.29, 1.82) is 0 Å². The number of hydrogen-bond donors (Lipinski definition) is 1. The molecule has 1 aromatic rings. The first-order valence-electron chi connectivity index (χ1n) is 3.30. The molecule has 64 valence electrons. The maximum Gasteiger partial charge on any atom is 0.257 e. The monoisotopic (exact) mass is 185 g/mol. The van der Waals surface area contributed by atoms with Gasteiger partial charge in [0.15, 0.2) is 0 Å². The zero-order valence-corrected chi connectivity index (χ0v) is 7.25. The Morgan fingerprint density at radius 3 is 2.83 bits per heavy atom. The van der Waals surface area contributed by atoms with E-state index in [2.05, 4.69) is 5.16 Å². The maximum atomic E-state index is 8.49. The fourth-order valence-electron chi connectivity index (χ4n) is 0.838. The third-order valence-electron chi connectivity index (χ3n) is 1.36. The van der Waals surface area contributed by atoms with Gasteiger partial charge in [0.25, 0.3) is 5.90 Å². The summed E-state index contributed by atoms with van der Waals surface area (Å²) in [6, 6.07) is 6.88. The Hall–Kier alpha value is -1.22. The second kappa shape index (κ2) is 3.97. The molecule has 0 spiro atoms. The first-order valence-corrected chi connectivity index (χ1v) is 3.67. The summed E-state index contributed by atoms with van der Waals surface area (Å²) in [5, 5.41) is 12.0. The Morgan fingerprint density at radius 1 is 1.58 bits per heavy atom. The highest BCUT2D eigenvalue weighted by Gasteiger charge is 2.02. The van der Waals surface area contributed by atoms with Gasteiger partial charge in [-0.2, -0.15) is 0 Å². The summed E-state index contributed by atoms with van der Waals surface area (Å²) in [6.07, 6.45) is 0. The van der Waals surface area contributed by atoms with E-state index in [0.29, 0.717) is 10.6 Å². The van der Waals surface area contributed by atoms with Gasteiger partial charge in [0.05, 0.1) is 7.11 Å². The molecule has 1 N–H and O–H groups in total. The van der Waals surface area contributed by atoms with E-state index in [1.165, 1.54) is 7.11 Å². The van der Waals surface area contributed by atoms with Crippen molar-refractivity contribution in [3.8, 4) is 0 Å². The summed E-state index contributed by atoms with van der Waals surface area (Å²) < 4.78 is 4.78. The van der Waals surface area contributed by atoms with E-state index in [0.717, 1.165) is 0 Å². The lowest BCUT2D eigenvalue weighted by molar-refractivity contribution is 0.287. The molecule has 0 saturated carbocycles. The highest BCUT2D eigenvalue weighted by Crippen LogP contribution is 2.11. The van der Waals surface area contributed by atoms with Gasteiger partial charge in [-0.05, 0) is 23.4 Å². The number of halogens is 1. The standard InChI is InChI=1S/C8H8ClNO2/c1-12-8(10-11)6-3-2-4-7(9)5-6/h2-5,11H,1H3/b10-8-. The number of ether oxygens (including phenoxy) is 1. The largest absolute Gasteiger partial charge is 0.479 e. The van der Waals surface area contributed by atoms with Crippen molar-refractivity contribution in [2.75, 3.05) is 7.11 Å². The number of benzene rings is 1. The summed E-state index contributed by atoms with van der Waals surface area (Å²) in [5.41, 5.74) is 0.646. The van der Waals surface area contributed by atoms with E-state index in [1.807, 2.05) is 0 Å². The fourth-order valence-corrected chi connectivity index (χ4v) is 1.03. The van der Waals surface area contributed by atoms with Crippen LogP contribution in [-0.4, -0.2) is 18.2 Å². The molecule has 0 unspecified atom stereocenters. The molecule has 0 saturated heterocycles. The highest BCUT2D eigenvalue weighted by molar-refractivity contribution is 6.30. The minimum Gasteiger partial charge on any atom is -0.479 e. The molecule has 0 amide bonds. The van der Waals surface area contributed by atoms with Gasteiger partial charge < -0.3 is 9.94 Å². The van der Waals surface area contributed by atoms with E-state index in [4.69, 9.17) is 21.5 Å². The molecular weight excluding hydrogens is 178 g/mol. The Kier molecular flexibility index (Phi) is 2.94. The first-order chi connectivity index (χ1) is 5.77. The lowest BCUT2D eigenvalue weighted by Crippen LogP contribution is -2.02. The number of rotatable bonds is 1. The molecule has 3 nitrogen and oxygen atoms in total. The minimum absolute atomic E-state index is 0.150. The molecule has 4 heteroatoms. The zero-order chi connectivity index (χ0) is 8.97. The van der Waals surface area contributed by atoms with Crippen LogP contribution in [0.25, 0.3) is 0 Å². The quantitative estimate of drug-likeness (QED) is 0.315. The molecule has 0 radical (unpaired) electrons. The van der Waals surface area contributed by atoms with E-state index in [-0.39, 0.29) is 5.90 Å². The summed E-state index contributed by atoms with van der Waals surface area (Å²) >= 11 is 5.71. The molecule has 12 heavy (non-hydrogen) atoms. The Labute approximate surface area is 75.2 Å². The van der Waals surface area contributed by atoms with E-state index in [1.54, 1.807) is 24.3 Å². The van der Waals surface area contributed by atoms with Crippen LogP contribution in [0, 0.1) is 0 Å². The molecular formula is C8H8ClNO2. The summed E-state index contributed by atoms with van der Waals surface area (Å²) in [5.74, 6) is 0.150. The topological polar surface area (TPSA) is 41.8 Å². The van der Waals surface area contributed by atoms with Crippen LogP contribution in [0.15, 0.2) is 29.4 Å². The van der Waals surface area contributed by atoms with Gasteiger partial charge in [-0.25, -0.2) is 0 Å². The lowest BCUT2D eigenvalue weighted by atomic mass is 10.2. The van der Waals surface area contributed by atoms with E-state index < -0.39 is 0 Å². The van der Waals surface area contributed by atoms with Crippen LogP contribution in [0.5, 0.6) is 0 Å². The SMILES string of the molecule is CO/C(=N\O)c1cccc(Cl)c1. The normalized spacial score (nSPS) is 11.3. The molecule has 0 aliphatic heterocycles. The van der Waals surface area contributed by atoms with Crippen molar-refractivity contribution in [3.63, 3.8) is 0 Å². The summed E-state index contributed by atoms with van der Waals surface area (Å²) in [6.45, 7) is 0. The smallest absolute Gasteiger partial charge is 0.257 e. The van der Waals surface area contributed by atoms with Crippen molar-refractivity contribution in [2.45, 2.75) is 0 Å². The van der Waals surface area contributed by atoms with Gasteiger partial charge in [-0.1, -0.05) is 17.7 Å². The maximum absolute atomic E-state index is 8.49. The van der Waals surface area contributed by atoms with Crippen molar-refractivity contribution in [3.05, 3.63) is 34.9 Å². The van der Waals surface area contributed by atoms with Gasteiger partial charge in [0, 0.05) is 10.6 Å². The summed E-state index contributed by atoms with van der Waals surface area (Å²) in [7, 11) is 1.43. The Balaban J connectivity index is 3.02. The van der Waals surface area contributed by atoms with Crippen LogP contribution in [-0.2, 0) is 4.74 Å². The van der Waals surface area contributed by atoms with Crippen LogP contribution in [0.1, 0.15) is 5.56 Å². The van der Waals surface area contributed by atoms with Gasteiger partial charge >= 0.3 is 0 Å². The first kappa shape index (κ1) is 8.87. The van der Waals surface area contributed by atoms with Gasteiger partial charge in [0.1, 0.15) is 0 Å². The second-order valence-corrected chi connectivity index (χ2v) is 2.56. The molecule has 0 fully saturated rings. The average Bonchev–Trinajstić information content (AvgIpc) is 2.07. The Bertz CT molecular complexity index is 299. The molecule has 0 bridgehead atoms. The minimum atomic E-state index is 0.150. The van der Waals surface area contributed by atoms with Gasteiger partial charge in [-0.3, -0.25) is 0 Å². The molecule has 0 aliphatic carbocycles. The van der Waals surface area contributed by atoms with Crippen molar-refractivity contribution < 1.29 is 9.94 Å². The number of hydrogen-bond acceptors (Lipinski definition) is 3. The molecule has 0 atom stereocenters. The van der Waals surface area contributed by atoms with Crippen LogP contribution < -0.4 is 0 Å². The van der Waals surface area contributed by atoms with Crippen LogP contribution in [0.4, 0.5) is 0 Å². The predicted octanol–water partition coefficient (Wildman–Crippen LogP) is 2.12. The number of methoxy groups -OCH3 is 1. The average molecular weight is 186 g/mol. The van der Waals surface area contributed by atoms with Gasteiger partial charge in [0.2, 0.25) is 0 Å². The van der Waals surface area contributed by atoms with E-state index in [9.17, 15) is 0 Å². The Morgan fingerprint density at radius 2 is 2.33 bits per heavy atom. The van der Waals surface area contributed by atoms with E-state index >= 15 is 0 Å². The third kappa shape index (κ3) is 1.89. The zero-order valence-electron chi connectivity index (χ0n) is 6.49. The molecule has 0 heterocycles. The lowest BCUT2D eigenvalue weighted by Gasteiger charge is -2.01. The highest BCUT2D eigenvalue weighted by atomic mass is 35.5. The fraction of sp³-hybridized carbons (Fsp3) is 0.125. The van der Waals surface area contributed by atoms with Crippen molar-refractivity contribution in [1.82, 2.24) is 0 Å².